The van der Waals surface area contributed by atoms with E-state index in [1.54, 1.807) is 24.3 Å². The van der Waals surface area contributed by atoms with E-state index in [1.165, 1.54) is 18.2 Å². The zero-order valence-corrected chi connectivity index (χ0v) is 13.7. The van der Waals surface area contributed by atoms with Crippen molar-refractivity contribution in [3.8, 4) is 11.5 Å². The summed E-state index contributed by atoms with van der Waals surface area (Å²) < 4.78 is 5.66. The Morgan fingerprint density at radius 3 is 2.56 bits per heavy atom. The van der Waals surface area contributed by atoms with E-state index in [1.807, 2.05) is 19.1 Å². The number of anilines is 1. The minimum Gasteiger partial charge on any atom is -0.508 e. The van der Waals surface area contributed by atoms with Gasteiger partial charge in [0.25, 0.3) is 11.8 Å². The van der Waals surface area contributed by atoms with Crippen LogP contribution in [0.1, 0.15) is 18.9 Å². The largest absolute Gasteiger partial charge is 0.508 e. The third kappa shape index (κ3) is 3.47. The molecule has 2 amide bonds. The standard InChI is InChI=1S/C19H18N2O4/c1-2-11-25-17-6-4-3-5-13(17)12-16-18(23)20-21(19(16)24)14-7-9-15(22)10-8-14/h3-10,12,22H,2,11H2,1H3,(H,20,23). The van der Waals surface area contributed by atoms with E-state index in [4.69, 9.17) is 4.74 Å². The summed E-state index contributed by atoms with van der Waals surface area (Å²) >= 11 is 0. The number of benzene rings is 2. The molecule has 128 valence electrons. The predicted octanol–water partition coefficient (Wildman–Crippen LogP) is 2.64. The molecule has 6 heteroatoms. The summed E-state index contributed by atoms with van der Waals surface area (Å²) in [7, 11) is 0. The lowest BCUT2D eigenvalue weighted by Crippen LogP contribution is -2.35. The van der Waals surface area contributed by atoms with Crippen LogP contribution in [0.5, 0.6) is 11.5 Å². The molecule has 2 aromatic carbocycles. The van der Waals surface area contributed by atoms with Gasteiger partial charge in [-0.2, -0.15) is 0 Å². The van der Waals surface area contributed by atoms with Gasteiger partial charge in [0.2, 0.25) is 0 Å². The number of ether oxygens (including phenoxy) is 1. The number of phenolic OH excluding ortho intramolecular Hbond substituents is 1. The van der Waals surface area contributed by atoms with E-state index in [2.05, 4.69) is 5.43 Å². The van der Waals surface area contributed by atoms with Gasteiger partial charge >= 0.3 is 0 Å². The number of aromatic hydroxyl groups is 1. The summed E-state index contributed by atoms with van der Waals surface area (Å²) in [6, 6.07) is 13.3. The minimum absolute atomic E-state index is 0.0284. The second-order valence-electron chi connectivity index (χ2n) is 5.54. The number of para-hydroxylation sites is 1. The Kier molecular flexibility index (Phi) is 4.70. The normalized spacial score (nSPS) is 15.6. The molecule has 0 saturated carbocycles. The fourth-order valence-corrected chi connectivity index (χ4v) is 2.44. The third-order valence-electron chi connectivity index (χ3n) is 3.68. The van der Waals surface area contributed by atoms with Gasteiger partial charge in [0, 0.05) is 5.56 Å². The van der Waals surface area contributed by atoms with Crippen molar-refractivity contribution in [1.29, 1.82) is 0 Å². The molecule has 0 radical (unpaired) electrons. The first-order valence-corrected chi connectivity index (χ1v) is 7.98. The number of hydrogen-bond acceptors (Lipinski definition) is 4. The zero-order valence-electron chi connectivity index (χ0n) is 13.7. The average molecular weight is 338 g/mol. The van der Waals surface area contributed by atoms with Gasteiger partial charge in [0.05, 0.1) is 12.3 Å². The molecule has 2 N–H and O–H groups in total. The van der Waals surface area contributed by atoms with Crippen LogP contribution in [-0.2, 0) is 9.59 Å². The van der Waals surface area contributed by atoms with Gasteiger partial charge in [-0.15, -0.1) is 0 Å². The van der Waals surface area contributed by atoms with Gasteiger partial charge in [-0.05, 0) is 42.8 Å². The van der Waals surface area contributed by atoms with Gasteiger partial charge in [0.1, 0.15) is 17.1 Å². The second kappa shape index (κ2) is 7.09. The fourth-order valence-electron chi connectivity index (χ4n) is 2.44. The van der Waals surface area contributed by atoms with Crippen LogP contribution in [0, 0.1) is 0 Å². The van der Waals surface area contributed by atoms with Crippen molar-refractivity contribution in [1.82, 2.24) is 5.43 Å². The van der Waals surface area contributed by atoms with E-state index in [0.717, 1.165) is 11.4 Å². The second-order valence-corrected chi connectivity index (χ2v) is 5.54. The van der Waals surface area contributed by atoms with Crippen LogP contribution in [0.2, 0.25) is 0 Å². The number of hydrazine groups is 1. The monoisotopic (exact) mass is 338 g/mol. The lowest BCUT2D eigenvalue weighted by molar-refractivity contribution is -0.117. The Hall–Kier alpha value is -3.28. The van der Waals surface area contributed by atoms with Gasteiger partial charge in [-0.1, -0.05) is 25.1 Å². The quantitative estimate of drug-likeness (QED) is 0.649. The number of carbonyl (C=O) groups excluding carboxylic acids is 2. The Morgan fingerprint density at radius 1 is 1.12 bits per heavy atom. The van der Waals surface area contributed by atoms with Crippen LogP contribution in [0.15, 0.2) is 54.1 Å². The smallest absolute Gasteiger partial charge is 0.282 e. The van der Waals surface area contributed by atoms with Gasteiger partial charge in [0.15, 0.2) is 0 Å². The molecule has 1 aliphatic rings. The summed E-state index contributed by atoms with van der Waals surface area (Å²) in [6.07, 6.45) is 2.39. The molecule has 0 bridgehead atoms. The lowest BCUT2D eigenvalue weighted by Gasteiger charge is -2.14. The fraction of sp³-hybridized carbons (Fsp3) is 0.158. The van der Waals surface area contributed by atoms with Crippen molar-refractivity contribution in [3.05, 3.63) is 59.7 Å². The zero-order chi connectivity index (χ0) is 17.8. The maximum atomic E-state index is 12.6. The summed E-state index contributed by atoms with van der Waals surface area (Å²) in [5, 5.41) is 10.5. The van der Waals surface area contributed by atoms with Crippen molar-refractivity contribution in [3.63, 3.8) is 0 Å². The number of rotatable bonds is 5. The van der Waals surface area contributed by atoms with Gasteiger partial charge < -0.3 is 9.84 Å². The Bertz CT molecular complexity index is 828. The van der Waals surface area contributed by atoms with Crippen molar-refractivity contribution >= 4 is 23.6 Å². The van der Waals surface area contributed by atoms with Crippen LogP contribution < -0.4 is 15.2 Å². The molecule has 1 aliphatic heterocycles. The highest BCUT2D eigenvalue weighted by molar-refractivity contribution is 6.31. The molecule has 1 heterocycles. The van der Waals surface area contributed by atoms with Crippen molar-refractivity contribution in [2.75, 3.05) is 11.6 Å². The molecule has 25 heavy (non-hydrogen) atoms. The third-order valence-corrected chi connectivity index (χ3v) is 3.68. The molecular weight excluding hydrogens is 320 g/mol. The molecule has 0 unspecified atom stereocenters. The average Bonchev–Trinajstić information content (AvgIpc) is 2.90. The Balaban J connectivity index is 1.90. The first-order valence-electron chi connectivity index (χ1n) is 7.98. The number of nitrogens with one attached hydrogen (secondary N) is 1. The van der Waals surface area contributed by atoms with Crippen LogP contribution in [-0.4, -0.2) is 23.5 Å². The molecule has 0 aromatic heterocycles. The number of amides is 2. The lowest BCUT2D eigenvalue weighted by atomic mass is 10.1. The number of nitrogens with zero attached hydrogens (tertiary/aromatic N) is 1. The first-order chi connectivity index (χ1) is 12.1. The first kappa shape index (κ1) is 16.6. The van der Waals surface area contributed by atoms with Crippen molar-refractivity contribution in [2.24, 2.45) is 0 Å². The summed E-state index contributed by atoms with van der Waals surface area (Å²) in [5.74, 6) is -0.232. The summed E-state index contributed by atoms with van der Waals surface area (Å²) in [6.45, 7) is 2.56. The van der Waals surface area contributed by atoms with E-state index in [-0.39, 0.29) is 11.3 Å². The maximum absolute atomic E-state index is 12.6. The molecule has 2 aromatic rings. The van der Waals surface area contributed by atoms with Gasteiger partial charge in [-0.25, -0.2) is 5.01 Å². The highest BCUT2D eigenvalue weighted by Crippen LogP contribution is 2.26. The van der Waals surface area contributed by atoms with Crippen LogP contribution in [0.25, 0.3) is 6.08 Å². The SMILES string of the molecule is CCCOc1ccccc1C=C1C(=O)NN(c2ccc(O)cc2)C1=O. The molecule has 6 nitrogen and oxygen atoms in total. The van der Waals surface area contributed by atoms with Crippen LogP contribution >= 0.6 is 0 Å². The highest BCUT2D eigenvalue weighted by Gasteiger charge is 2.34. The van der Waals surface area contributed by atoms with E-state index in [0.29, 0.717) is 23.6 Å². The molecular formula is C19H18N2O4. The molecule has 1 fully saturated rings. The predicted molar refractivity (Wildman–Crippen MR) is 93.9 cm³/mol. The van der Waals surface area contributed by atoms with Crippen molar-refractivity contribution < 1.29 is 19.4 Å². The van der Waals surface area contributed by atoms with Gasteiger partial charge in [-0.3, -0.25) is 15.0 Å². The number of phenols is 1. The molecule has 0 atom stereocenters. The minimum atomic E-state index is -0.483. The molecule has 0 aliphatic carbocycles. The topological polar surface area (TPSA) is 78.9 Å². The number of hydrogen-bond donors (Lipinski definition) is 2. The molecule has 0 spiro atoms. The van der Waals surface area contributed by atoms with Crippen LogP contribution in [0.3, 0.4) is 0 Å². The molecule has 1 saturated heterocycles. The summed E-state index contributed by atoms with van der Waals surface area (Å²) in [5.41, 5.74) is 3.69. The van der Waals surface area contributed by atoms with Crippen LogP contribution in [0.4, 0.5) is 5.69 Å². The maximum Gasteiger partial charge on any atom is 0.282 e. The Morgan fingerprint density at radius 2 is 1.84 bits per heavy atom. The summed E-state index contributed by atoms with van der Waals surface area (Å²) in [4.78, 5) is 24.8. The highest BCUT2D eigenvalue weighted by atomic mass is 16.5. The van der Waals surface area contributed by atoms with E-state index >= 15 is 0 Å². The van der Waals surface area contributed by atoms with E-state index < -0.39 is 11.8 Å². The van der Waals surface area contributed by atoms with E-state index in [9.17, 15) is 14.7 Å². The molecule has 3 rings (SSSR count). The Labute approximate surface area is 145 Å². The van der Waals surface area contributed by atoms with Crippen molar-refractivity contribution in [2.45, 2.75) is 13.3 Å². The number of carbonyl (C=O) groups is 2.